The van der Waals surface area contributed by atoms with E-state index in [-0.39, 0.29) is 12.2 Å². The standard InChI is InChI=1S/C19H15Cl2N5O3S/c20-11-6-13(21)17-24-25-19(26(17)8-11)30-9-16(27)23-15(18(28)29)5-10-7-22-14-4-2-1-3-12(10)14/h1-4,6-8,15,22H,5,9H2,(H,23,27)(H,28,29)/t15-/m0/s1. The van der Waals surface area contributed by atoms with Crippen molar-refractivity contribution in [2.24, 2.45) is 0 Å². The number of aliphatic carboxylic acids is 1. The highest BCUT2D eigenvalue weighted by atomic mass is 35.5. The molecular formula is C19H15Cl2N5O3S. The number of hydrogen-bond donors (Lipinski definition) is 3. The molecule has 8 nitrogen and oxygen atoms in total. The van der Waals surface area contributed by atoms with Gasteiger partial charge in [-0.1, -0.05) is 53.2 Å². The molecule has 1 atom stereocenters. The average Bonchev–Trinajstić information content (AvgIpc) is 3.30. The van der Waals surface area contributed by atoms with Gasteiger partial charge in [-0.05, 0) is 17.7 Å². The Bertz CT molecular complexity index is 1260. The summed E-state index contributed by atoms with van der Waals surface area (Å²) >= 11 is 13.2. The Morgan fingerprint density at radius 1 is 1.27 bits per heavy atom. The van der Waals surface area contributed by atoms with Gasteiger partial charge < -0.3 is 15.4 Å². The molecule has 0 radical (unpaired) electrons. The highest BCUT2D eigenvalue weighted by molar-refractivity contribution is 7.99. The number of benzene rings is 1. The van der Waals surface area contributed by atoms with E-state index in [1.54, 1.807) is 22.9 Å². The van der Waals surface area contributed by atoms with Gasteiger partial charge in [0.2, 0.25) is 5.91 Å². The summed E-state index contributed by atoms with van der Waals surface area (Å²) in [6, 6.07) is 8.08. The molecule has 30 heavy (non-hydrogen) atoms. The van der Waals surface area contributed by atoms with Gasteiger partial charge in [-0.25, -0.2) is 4.79 Å². The molecular weight excluding hydrogens is 449 g/mol. The van der Waals surface area contributed by atoms with Gasteiger partial charge in [-0.3, -0.25) is 9.20 Å². The number of nitrogens with zero attached hydrogens (tertiary/aromatic N) is 3. The summed E-state index contributed by atoms with van der Waals surface area (Å²) in [5, 5.41) is 22.2. The van der Waals surface area contributed by atoms with Gasteiger partial charge in [0.25, 0.3) is 0 Å². The Balaban J connectivity index is 1.43. The Labute approximate surface area is 184 Å². The Morgan fingerprint density at radius 3 is 2.87 bits per heavy atom. The highest BCUT2D eigenvalue weighted by Crippen LogP contribution is 2.25. The Hall–Kier alpha value is -2.75. The van der Waals surface area contributed by atoms with Crippen LogP contribution in [0.15, 0.2) is 47.9 Å². The molecule has 3 aromatic heterocycles. The first-order valence-electron chi connectivity index (χ1n) is 8.82. The molecule has 0 saturated heterocycles. The van der Waals surface area contributed by atoms with Crippen molar-refractivity contribution in [3.05, 3.63) is 58.3 Å². The minimum absolute atomic E-state index is 0.0391. The summed E-state index contributed by atoms with van der Waals surface area (Å²) < 4.78 is 1.59. The number of para-hydroxylation sites is 1. The number of carbonyl (C=O) groups is 2. The van der Waals surface area contributed by atoms with Crippen LogP contribution >= 0.6 is 35.0 Å². The van der Waals surface area contributed by atoms with E-state index in [1.165, 1.54) is 0 Å². The first-order valence-corrected chi connectivity index (χ1v) is 10.6. The van der Waals surface area contributed by atoms with Gasteiger partial charge in [0.05, 0.1) is 15.8 Å². The van der Waals surface area contributed by atoms with Gasteiger partial charge in [-0.15, -0.1) is 10.2 Å². The number of carboxylic acid groups (broad SMARTS) is 1. The van der Waals surface area contributed by atoms with E-state index in [1.807, 2.05) is 24.3 Å². The summed E-state index contributed by atoms with van der Waals surface area (Å²) in [6.07, 6.45) is 3.52. The van der Waals surface area contributed by atoms with Crippen LogP contribution in [0.3, 0.4) is 0 Å². The normalized spacial score (nSPS) is 12.3. The van der Waals surface area contributed by atoms with E-state index in [4.69, 9.17) is 23.2 Å². The van der Waals surface area contributed by atoms with Crippen LogP contribution in [0.4, 0.5) is 0 Å². The lowest BCUT2D eigenvalue weighted by Gasteiger charge is -2.14. The minimum atomic E-state index is -1.11. The second kappa shape index (κ2) is 8.55. The molecule has 0 aliphatic rings. The number of amides is 1. The van der Waals surface area contributed by atoms with E-state index >= 15 is 0 Å². The number of thioether (sulfide) groups is 1. The minimum Gasteiger partial charge on any atom is -0.480 e. The summed E-state index contributed by atoms with van der Waals surface area (Å²) in [4.78, 5) is 27.2. The van der Waals surface area contributed by atoms with Crippen LogP contribution < -0.4 is 5.32 Å². The van der Waals surface area contributed by atoms with Crippen molar-refractivity contribution in [1.29, 1.82) is 0 Å². The van der Waals surface area contributed by atoms with Crippen LogP contribution in [0.1, 0.15) is 5.56 Å². The number of pyridine rings is 1. The number of H-pyrrole nitrogens is 1. The smallest absolute Gasteiger partial charge is 0.326 e. The zero-order valence-corrected chi connectivity index (χ0v) is 17.6. The maximum absolute atomic E-state index is 12.4. The molecule has 11 heteroatoms. The number of carbonyl (C=O) groups excluding carboxylic acids is 1. The molecule has 1 amide bonds. The van der Waals surface area contributed by atoms with E-state index in [0.29, 0.717) is 20.8 Å². The molecule has 0 spiro atoms. The SMILES string of the molecule is O=C(CSc1nnc2c(Cl)cc(Cl)cn12)N[C@@H](Cc1c[nH]c2ccccc12)C(=O)O. The molecule has 4 aromatic rings. The van der Waals surface area contributed by atoms with E-state index < -0.39 is 17.9 Å². The predicted molar refractivity (Wildman–Crippen MR) is 115 cm³/mol. The number of halogens is 2. The average molecular weight is 464 g/mol. The van der Waals surface area contributed by atoms with Crippen molar-refractivity contribution in [2.75, 3.05) is 5.75 Å². The third kappa shape index (κ3) is 4.23. The second-order valence-electron chi connectivity index (χ2n) is 6.49. The van der Waals surface area contributed by atoms with Gasteiger partial charge in [0, 0.05) is 29.7 Å². The predicted octanol–water partition coefficient (Wildman–Crippen LogP) is 3.42. The molecule has 0 saturated carbocycles. The van der Waals surface area contributed by atoms with E-state index in [2.05, 4.69) is 20.5 Å². The van der Waals surface area contributed by atoms with Crippen LogP contribution in [-0.2, 0) is 16.0 Å². The first kappa shape index (κ1) is 20.5. The fraction of sp³-hybridized carbons (Fsp3) is 0.158. The maximum atomic E-state index is 12.4. The molecule has 0 aliphatic heterocycles. The zero-order chi connectivity index (χ0) is 21.3. The number of aromatic nitrogens is 4. The van der Waals surface area contributed by atoms with Gasteiger partial charge >= 0.3 is 5.97 Å². The topological polar surface area (TPSA) is 112 Å². The van der Waals surface area contributed by atoms with Gasteiger partial charge in [0.15, 0.2) is 10.8 Å². The number of hydrogen-bond acceptors (Lipinski definition) is 5. The fourth-order valence-electron chi connectivity index (χ4n) is 3.09. The second-order valence-corrected chi connectivity index (χ2v) is 8.28. The van der Waals surface area contributed by atoms with Crippen molar-refractivity contribution in [1.82, 2.24) is 24.9 Å². The van der Waals surface area contributed by atoms with E-state index in [0.717, 1.165) is 28.2 Å². The summed E-state index contributed by atoms with van der Waals surface area (Å²) in [5.41, 5.74) is 2.15. The monoisotopic (exact) mass is 463 g/mol. The lowest BCUT2D eigenvalue weighted by molar-refractivity contribution is -0.141. The lowest BCUT2D eigenvalue weighted by atomic mass is 10.1. The van der Waals surface area contributed by atoms with Crippen molar-refractivity contribution < 1.29 is 14.7 Å². The summed E-state index contributed by atoms with van der Waals surface area (Å²) in [6.45, 7) is 0. The summed E-state index contributed by atoms with van der Waals surface area (Å²) in [5.74, 6) is -1.58. The maximum Gasteiger partial charge on any atom is 0.326 e. The van der Waals surface area contributed by atoms with Crippen molar-refractivity contribution >= 4 is 63.4 Å². The fourth-order valence-corrected chi connectivity index (χ4v) is 4.32. The molecule has 3 heterocycles. The van der Waals surface area contributed by atoms with Crippen LogP contribution in [0, 0.1) is 0 Å². The quantitative estimate of drug-likeness (QED) is 0.362. The van der Waals surface area contributed by atoms with Crippen molar-refractivity contribution in [3.8, 4) is 0 Å². The molecule has 0 aliphatic carbocycles. The van der Waals surface area contributed by atoms with E-state index in [9.17, 15) is 14.7 Å². The highest BCUT2D eigenvalue weighted by Gasteiger charge is 2.22. The third-order valence-electron chi connectivity index (χ3n) is 4.46. The molecule has 4 rings (SSSR count). The van der Waals surface area contributed by atoms with Crippen LogP contribution in [-0.4, -0.2) is 48.4 Å². The first-order chi connectivity index (χ1) is 14.4. The number of carboxylic acids is 1. The number of nitrogens with one attached hydrogen (secondary N) is 2. The Kier molecular flexibility index (Phi) is 5.85. The van der Waals surface area contributed by atoms with Crippen molar-refractivity contribution in [3.63, 3.8) is 0 Å². The number of rotatable bonds is 7. The third-order valence-corrected chi connectivity index (χ3v) is 5.89. The molecule has 3 N–H and O–H groups in total. The number of aromatic amines is 1. The molecule has 1 aromatic carbocycles. The molecule has 0 bridgehead atoms. The largest absolute Gasteiger partial charge is 0.480 e. The van der Waals surface area contributed by atoms with Crippen LogP contribution in [0.2, 0.25) is 10.0 Å². The molecule has 0 fully saturated rings. The number of fused-ring (bicyclic) bond motifs is 2. The van der Waals surface area contributed by atoms with Gasteiger partial charge in [0.1, 0.15) is 6.04 Å². The molecule has 0 unspecified atom stereocenters. The van der Waals surface area contributed by atoms with Crippen LogP contribution in [0.5, 0.6) is 0 Å². The van der Waals surface area contributed by atoms with Gasteiger partial charge in [-0.2, -0.15) is 0 Å². The molecule has 154 valence electrons. The summed E-state index contributed by atoms with van der Waals surface area (Å²) in [7, 11) is 0. The zero-order valence-electron chi connectivity index (χ0n) is 15.3. The lowest BCUT2D eigenvalue weighted by Crippen LogP contribution is -2.43. The Morgan fingerprint density at radius 2 is 2.07 bits per heavy atom. The van der Waals surface area contributed by atoms with Crippen molar-refractivity contribution in [2.45, 2.75) is 17.6 Å². The van der Waals surface area contributed by atoms with Crippen LogP contribution in [0.25, 0.3) is 16.6 Å².